The minimum Gasteiger partial charge on any atom is -0.481 e. The number of carbonyl (C=O) groups is 2. The number of rotatable bonds is 4. The number of nitrogens with zero attached hydrogens (tertiary/aromatic N) is 1. The third-order valence-electron chi connectivity index (χ3n) is 3.65. The fourth-order valence-corrected chi connectivity index (χ4v) is 2.93. The normalized spacial score (nSPS) is 10.7. The summed E-state index contributed by atoms with van der Waals surface area (Å²) in [6.07, 6.45) is -0.412. The van der Waals surface area contributed by atoms with Crippen molar-refractivity contribution < 1.29 is 19.8 Å². The number of benzene rings is 2. The minimum atomic E-state index is -1.16. The van der Waals surface area contributed by atoms with Crippen LogP contribution in [0.25, 0.3) is 22.2 Å². The molecule has 24 heavy (non-hydrogen) atoms. The topological polar surface area (TPSA) is 87.5 Å². The number of fused-ring (bicyclic) bond motifs is 1. The zero-order valence-corrected chi connectivity index (χ0v) is 13.9. The summed E-state index contributed by atoms with van der Waals surface area (Å²) in [4.78, 5) is 27.6. The lowest BCUT2D eigenvalue weighted by Crippen LogP contribution is -2.12. The van der Waals surface area contributed by atoms with Gasteiger partial charge < -0.3 is 10.2 Å². The van der Waals surface area contributed by atoms with Gasteiger partial charge in [0.25, 0.3) is 0 Å². The number of carboxylic acids is 2. The molecule has 120 valence electrons. The van der Waals surface area contributed by atoms with Gasteiger partial charge in [0.1, 0.15) is 0 Å². The highest BCUT2D eigenvalue weighted by molar-refractivity contribution is 9.10. The highest BCUT2D eigenvalue weighted by atomic mass is 79.9. The maximum absolute atomic E-state index is 11.8. The van der Waals surface area contributed by atoms with Crippen LogP contribution < -0.4 is 0 Å². The predicted molar refractivity (Wildman–Crippen MR) is 93.2 cm³/mol. The molecule has 1 aromatic heterocycles. The number of pyridine rings is 1. The van der Waals surface area contributed by atoms with E-state index in [2.05, 4.69) is 20.9 Å². The second-order valence-electron chi connectivity index (χ2n) is 5.21. The van der Waals surface area contributed by atoms with Crippen molar-refractivity contribution in [3.05, 3.63) is 64.1 Å². The molecular formula is C18H12BrNO4. The van der Waals surface area contributed by atoms with E-state index in [1.54, 1.807) is 48.5 Å². The Morgan fingerprint density at radius 1 is 1.00 bits per heavy atom. The summed E-state index contributed by atoms with van der Waals surface area (Å²) in [5.74, 6) is -2.27. The summed E-state index contributed by atoms with van der Waals surface area (Å²) < 4.78 is 0.866. The van der Waals surface area contributed by atoms with Crippen molar-refractivity contribution in [2.24, 2.45) is 0 Å². The van der Waals surface area contributed by atoms with Gasteiger partial charge in [-0.05, 0) is 18.2 Å². The average molecular weight is 386 g/mol. The largest absolute Gasteiger partial charge is 0.481 e. The van der Waals surface area contributed by atoms with Crippen LogP contribution in [-0.2, 0) is 11.2 Å². The van der Waals surface area contributed by atoms with Crippen LogP contribution in [0.5, 0.6) is 0 Å². The lowest BCUT2D eigenvalue weighted by molar-refractivity contribution is -0.136. The molecule has 0 spiro atoms. The molecule has 0 radical (unpaired) electrons. The van der Waals surface area contributed by atoms with Crippen molar-refractivity contribution in [1.82, 2.24) is 4.98 Å². The number of aromatic nitrogens is 1. The van der Waals surface area contributed by atoms with Crippen molar-refractivity contribution >= 4 is 38.8 Å². The molecule has 0 bridgehead atoms. The Morgan fingerprint density at radius 3 is 2.29 bits per heavy atom. The van der Waals surface area contributed by atoms with Crippen LogP contribution in [0.4, 0.5) is 0 Å². The summed E-state index contributed by atoms with van der Waals surface area (Å²) in [6.45, 7) is 0. The molecule has 0 saturated heterocycles. The Bertz CT molecular complexity index is 951. The molecule has 0 aliphatic rings. The zero-order chi connectivity index (χ0) is 17.3. The van der Waals surface area contributed by atoms with Crippen LogP contribution >= 0.6 is 15.9 Å². The Kier molecular flexibility index (Phi) is 4.31. The summed E-state index contributed by atoms with van der Waals surface area (Å²) in [7, 11) is 0. The number of aliphatic carboxylic acids is 1. The summed E-state index contributed by atoms with van der Waals surface area (Å²) in [5, 5.41) is 19.3. The predicted octanol–water partition coefficient (Wildman–Crippen LogP) is 3.99. The van der Waals surface area contributed by atoms with Gasteiger partial charge in [-0.3, -0.25) is 4.79 Å². The fraction of sp³-hybridized carbons (Fsp3) is 0.0556. The van der Waals surface area contributed by atoms with Crippen molar-refractivity contribution in [3.63, 3.8) is 0 Å². The molecule has 6 heteroatoms. The minimum absolute atomic E-state index is 0.0130. The molecule has 0 aliphatic heterocycles. The van der Waals surface area contributed by atoms with Gasteiger partial charge in [-0.1, -0.05) is 46.3 Å². The van der Waals surface area contributed by atoms with E-state index in [0.29, 0.717) is 22.2 Å². The van der Waals surface area contributed by atoms with E-state index < -0.39 is 18.4 Å². The van der Waals surface area contributed by atoms with E-state index in [9.17, 15) is 19.8 Å². The highest BCUT2D eigenvalue weighted by Crippen LogP contribution is 2.31. The van der Waals surface area contributed by atoms with E-state index in [-0.39, 0.29) is 11.1 Å². The Morgan fingerprint density at radius 2 is 1.67 bits per heavy atom. The van der Waals surface area contributed by atoms with Crippen molar-refractivity contribution in [1.29, 1.82) is 0 Å². The van der Waals surface area contributed by atoms with Crippen LogP contribution in [0, 0.1) is 0 Å². The van der Waals surface area contributed by atoms with Crippen LogP contribution in [0.15, 0.2) is 53.0 Å². The molecule has 5 nitrogen and oxygen atoms in total. The van der Waals surface area contributed by atoms with E-state index >= 15 is 0 Å². The third-order valence-corrected chi connectivity index (χ3v) is 4.18. The molecule has 0 saturated carbocycles. The Labute approximate surface area is 145 Å². The SMILES string of the molecule is O=C(O)Cc1c(-c2ccc(Br)cc2)nc2ccccc2c1C(=O)O. The van der Waals surface area contributed by atoms with Gasteiger partial charge in [0, 0.05) is 21.0 Å². The summed E-state index contributed by atoms with van der Waals surface area (Å²) >= 11 is 3.35. The third kappa shape index (κ3) is 3.00. The first-order valence-electron chi connectivity index (χ1n) is 7.10. The van der Waals surface area contributed by atoms with E-state index in [4.69, 9.17) is 0 Å². The molecule has 0 atom stereocenters. The molecular weight excluding hydrogens is 374 g/mol. The van der Waals surface area contributed by atoms with Gasteiger partial charge in [0.15, 0.2) is 0 Å². The lowest BCUT2D eigenvalue weighted by atomic mass is 9.94. The lowest BCUT2D eigenvalue weighted by Gasteiger charge is -2.14. The molecule has 2 aromatic carbocycles. The molecule has 0 fully saturated rings. The van der Waals surface area contributed by atoms with Gasteiger partial charge in [-0.2, -0.15) is 0 Å². The number of carboxylic acid groups (broad SMARTS) is 2. The Hall–Kier alpha value is -2.73. The van der Waals surface area contributed by atoms with E-state index in [1.807, 2.05) is 0 Å². The van der Waals surface area contributed by atoms with Crippen molar-refractivity contribution in [2.75, 3.05) is 0 Å². The van der Waals surface area contributed by atoms with Crippen molar-refractivity contribution in [2.45, 2.75) is 6.42 Å². The Balaban J connectivity index is 2.40. The summed E-state index contributed by atoms with van der Waals surface area (Å²) in [5.41, 5.74) is 1.75. The van der Waals surface area contributed by atoms with Crippen LogP contribution in [0.3, 0.4) is 0 Å². The van der Waals surface area contributed by atoms with Crippen LogP contribution in [-0.4, -0.2) is 27.1 Å². The quantitative estimate of drug-likeness (QED) is 0.708. The average Bonchev–Trinajstić information content (AvgIpc) is 2.54. The molecule has 0 aliphatic carbocycles. The van der Waals surface area contributed by atoms with Gasteiger partial charge >= 0.3 is 11.9 Å². The van der Waals surface area contributed by atoms with E-state index in [1.165, 1.54) is 0 Å². The number of hydrogen-bond acceptors (Lipinski definition) is 3. The fourth-order valence-electron chi connectivity index (χ4n) is 2.67. The van der Waals surface area contributed by atoms with Gasteiger partial charge in [-0.15, -0.1) is 0 Å². The molecule has 0 amide bonds. The second kappa shape index (κ2) is 6.41. The molecule has 3 aromatic rings. The number of aromatic carboxylic acids is 1. The van der Waals surface area contributed by atoms with E-state index in [0.717, 1.165) is 4.47 Å². The first-order chi connectivity index (χ1) is 11.5. The monoisotopic (exact) mass is 385 g/mol. The van der Waals surface area contributed by atoms with Gasteiger partial charge in [-0.25, -0.2) is 9.78 Å². The maximum Gasteiger partial charge on any atom is 0.336 e. The number of hydrogen-bond donors (Lipinski definition) is 2. The smallest absolute Gasteiger partial charge is 0.336 e. The summed E-state index contributed by atoms with van der Waals surface area (Å²) in [6, 6.07) is 14.0. The van der Waals surface area contributed by atoms with Crippen LogP contribution in [0.2, 0.25) is 0 Å². The van der Waals surface area contributed by atoms with Gasteiger partial charge in [0.2, 0.25) is 0 Å². The maximum atomic E-state index is 11.8. The second-order valence-corrected chi connectivity index (χ2v) is 6.13. The number of halogens is 1. The van der Waals surface area contributed by atoms with Crippen LogP contribution in [0.1, 0.15) is 15.9 Å². The molecule has 3 rings (SSSR count). The van der Waals surface area contributed by atoms with Gasteiger partial charge in [0.05, 0.1) is 23.2 Å². The van der Waals surface area contributed by atoms with Crippen molar-refractivity contribution in [3.8, 4) is 11.3 Å². The number of para-hydroxylation sites is 1. The zero-order valence-electron chi connectivity index (χ0n) is 12.4. The first-order valence-corrected chi connectivity index (χ1v) is 7.89. The molecule has 1 heterocycles. The molecule has 2 N–H and O–H groups in total. The standard InChI is InChI=1S/C18H12BrNO4/c19-11-7-5-10(6-8-11)17-13(9-15(21)22)16(18(23)24)12-3-1-2-4-14(12)20-17/h1-8H,9H2,(H,21,22)(H,23,24). The first kappa shape index (κ1) is 16.1. The molecule has 0 unspecified atom stereocenters. The highest BCUT2D eigenvalue weighted by Gasteiger charge is 2.22.